The van der Waals surface area contributed by atoms with Crippen molar-refractivity contribution >= 4 is 40.5 Å². The first kappa shape index (κ1) is 21.2. The van der Waals surface area contributed by atoms with E-state index in [9.17, 15) is 10.0 Å². The molecule has 8 heteroatoms. The summed E-state index contributed by atoms with van der Waals surface area (Å²) in [7, 11) is 0. The number of hydrogen-bond donors (Lipinski definition) is 2. The molecule has 3 aliphatic heterocycles. The first-order chi connectivity index (χ1) is 15.5. The minimum atomic E-state index is -0.248. The fourth-order valence-electron chi connectivity index (χ4n) is 4.88. The number of fused-ring (bicyclic) bond motifs is 1. The second-order valence-corrected chi connectivity index (χ2v) is 10.1. The predicted octanol–water partition coefficient (Wildman–Crippen LogP) is 3.92. The number of esters is 1. The van der Waals surface area contributed by atoms with Crippen molar-refractivity contribution in [3.63, 3.8) is 0 Å². The number of carbonyl (C=O) groups excluding carboxylic acids is 1. The van der Waals surface area contributed by atoms with Crippen molar-refractivity contribution in [1.29, 1.82) is 0 Å². The van der Waals surface area contributed by atoms with Gasteiger partial charge in [-0.15, -0.1) is 11.8 Å². The van der Waals surface area contributed by atoms with Crippen LogP contribution < -0.4 is 15.5 Å². The number of nitrogen functional groups attached to an aromatic ring is 1. The number of carbonyl (C=O) groups is 1. The van der Waals surface area contributed by atoms with Gasteiger partial charge in [0.15, 0.2) is 0 Å². The summed E-state index contributed by atoms with van der Waals surface area (Å²) in [6.07, 6.45) is 5.69. The molecule has 0 saturated heterocycles. The molecule has 0 aromatic heterocycles. The molecule has 1 aliphatic carbocycles. The molecule has 0 radical (unpaired) electrons. The Bertz CT molecular complexity index is 1040. The largest absolute Gasteiger partial charge is 0.463 e. The van der Waals surface area contributed by atoms with Crippen LogP contribution in [-0.4, -0.2) is 48.4 Å². The van der Waals surface area contributed by atoms with E-state index in [-0.39, 0.29) is 11.9 Å². The molecule has 0 spiro atoms. The highest BCUT2D eigenvalue weighted by atomic mass is 32.2. The quantitative estimate of drug-likeness (QED) is 0.308. The van der Waals surface area contributed by atoms with Crippen molar-refractivity contribution in [1.82, 2.24) is 0 Å². The molecule has 170 valence electrons. The number of oxime groups is 1. The van der Waals surface area contributed by atoms with Crippen LogP contribution in [0.15, 0.2) is 39.5 Å². The van der Waals surface area contributed by atoms with Gasteiger partial charge >= 0.3 is 5.97 Å². The Kier molecular flexibility index (Phi) is 5.57. The SMILES string of the molecule is CCOC(=O)C1=CN(C2CC2)c2cc(N3CCC4=C(C3)/C(=N/O)C(C)CS4)c(N)cc2C1. The zero-order valence-corrected chi connectivity index (χ0v) is 19.5. The van der Waals surface area contributed by atoms with Crippen LogP contribution >= 0.6 is 11.8 Å². The van der Waals surface area contributed by atoms with Crippen molar-refractivity contribution in [3.05, 3.63) is 39.9 Å². The van der Waals surface area contributed by atoms with Crippen LogP contribution in [0.1, 0.15) is 38.7 Å². The Morgan fingerprint density at radius 3 is 2.88 bits per heavy atom. The normalized spacial score (nSPS) is 24.2. The van der Waals surface area contributed by atoms with Gasteiger partial charge in [-0.25, -0.2) is 4.79 Å². The Labute approximate surface area is 192 Å². The van der Waals surface area contributed by atoms with E-state index < -0.39 is 0 Å². The smallest absolute Gasteiger partial charge is 0.335 e. The molecule has 0 amide bonds. The molecule has 7 nitrogen and oxygen atoms in total. The molecular weight excluding hydrogens is 424 g/mol. The molecule has 1 unspecified atom stereocenters. The summed E-state index contributed by atoms with van der Waals surface area (Å²) < 4.78 is 5.26. The predicted molar refractivity (Wildman–Crippen MR) is 129 cm³/mol. The molecule has 3 N–H and O–H groups in total. The third kappa shape index (κ3) is 3.74. The average molecular weight is 455 g/mol. The minimum Gasteiger partial charge on any atom is -0.463 e. The summed E-state index contributed by atoms with van der Waals surface area (Å²) in [4.78, 5) is 18.3. The fraction of sp³-hybridized carbons (Fsp3) is 0.500. The van der Waals surface area contributed by atoms with Crippen LogP contribution in [0.2, 0.25) is 0 Å². The van der Waals surface area contributed by atoms with E-state index in [0.29, 0.717) is 36.9 Å². The summed E-state index contributed by atoms with van der Waals surface area (Å²) in [5, 5.41) is 13.3. The number of hydrogen-bond acceptors (Lipinski definition) is 8. The van der Waals surface area contributed by atoms with Crippen LogP contribution in [0.3, 0.4) is 0 Å². The maximum absolute atomic E-state index is 12.4. The van der Waals surface area contributed by atoms with Crippen molar-refractivity contribution in [2.24, 2.45) is 11.1 Å². The van der Waals surface area contributed by atoms with Gasteiger partial charge in [0.1, 0.15) is 0 Å². The molecule has 4 aliphatic rings. The minimum absolute atomic E-state index is 0.237. The third-order valence-electron chi connectivity index (χ3n) is 6.69. The zero-order valence-electron chi connectivity index (χ0n) is 18.6. The number of anilines is 3. The van der Waals surface area contributed by atoms with E-state index in [1.807, 2.05) is 31.0 Å². The lowest BCUT2D eigenvalue weighted by molar-refractivity contribution is -0.138. The second-order valence-electron chi connectivity index (χ2n) is 9.00. The number of ether oxygens (including phenoxy) is 1. The fourth-order valence-corrected chi connectivity index (χ4v) is 6.07. The van der Waals surface area contributed by atoms with E-state index in [1.165, 1.54) is 4.91 Å². The lowest BCUT2D eigenvalue weighted by Gasteiger charge is -2.38. The molecule has 0 bridgehead atoms. The van der Waals surface area contributed by atoms with E-state index in [2.05, 4.69) is 27.9 Å². The Morgan fingerprint density at radius 2 is 2.16 bits per heavy atom. The maximum Gasteiger partial charge on any atom is 0.335 e. The van der Waals surface area contributed by atoms with Gasteiger partial charge in [0, 0.05) is 54.7 Å². The van der Waals surface area contributed by atoms with Crippen LogP contribution in [-0.2, 0) is 16.0 Å². The summed E-state index contributed by atoms with van der Waals surface area (Å²) in [5.74, 6) is 0.952. The maximum atomic E-state index is 12.4. The molecule has 5 rings (SSSR count). The molecule has 1 fully saturated rings. The molecule has 32 heavy (non-hydrogen) atoms. The number of nitrogens with zero attached hydrogens (tertiary/aromatic N) is 3. The van der Waals surface area contributed by atoms with Gasteiger partial charge in [-0.1, -0.05) is 12.1 Å². The van der Waals surface area contributed by atoms with E-state index in [1.54, 1.807) is 0 Å². The molecule has 1 aromatic carbocycles. The van der Waals surface area contributed by atoms with Crippen LogP contribution in [0.4, 0.5) is 17.1 Å². The average Bonchev–Trinajstić information content (AvgIpc) is 3.63. The van der Waals surface area contributed by atoms with Gasteiger partial charge in [-0.3, -0.25) is 0 Å². The van der Waals surface area contributed by atoms with Gasteiger partial charge in [0.2, 0.25) is 0 Å². The molecule has 3 heterocycles. The topological polar surface area (TPSA) is 91.4 Å². The molecule has 1 atom stereocenters. The Hall–Kier alpha value is -2.61. The Balaban J connectivity index is 1.47. The first-order valence-electron chi connectivity index (χ1n) is 11.4. The second kappa shape index (κ2) is 8.39. The lowest BCUT2D eigenvalue weighted by Crippen LogP contribution is -2.38. The van der Waals surface area contributed by atoms with Crippen LogP contribution in [0.5, 0.6) is 0 Å². The van der Waals surface area contributed by atoms with Gasteiger partial charge in [-0.2, -0.15) is 0 Å². The monoisotopic (exact) mass is 454 g/mol. The summed E-state index contributed by atoms with van der Waals surface area (Å²) in [5.41, 5.74) is 13.1. The zero-order chi connectivity index (χ0) is 22.4. The van der Waals surface area contributed by atoms with E-state index in [0.717, 1.165) is 59.8 Å². The van der Waals surface area contributed by atoms with Crippen molar-refractivity contribution in [3.8, 4) is 0 Å². The first-order valence-corrected chi connectivity index (χ1v) is 12.4. The van der Waals surface area contributed by atoms with Gasteiger partial charge in [0.25, 0.3) is 0 Å². The van der Waals surface area contributed by atoms with E-state index in [4.69, 9.17) is 10.5 Å². The number of thioether (sulfide) groups is 1. The van der Waals surface area contributed by atoms with Crippen LogP contribution in [0, 0.1) is 5.92 Å². The number of nitrogens with two attached hydrogens (primary N) is 1. The number of rotatable bonds is 4. The van der Waals surface area contributed by atoms with Crippen molar-refractivity contribution in [2.75, 3.05) is 41.0 Å². The van der Waals surface area contributed by atoms with Gasteiger partial charge in [-0.05, 0) is 48.8 Å². The highest BCUT2D eigenvalue weighted by Crippen LogP contribution is 2.44. The van der Waals surface area contributed by atoms with Gasteiger partial charge < -0.3 is 25.5 Å². The highest BCUT2D eigenvalue weighted by molar-refractivity contribution is 8.03. The summed E-state index contributed by atoms with van der Waals surface area (Å²) in [6.45, 7) is 5.89. The van der Waals surface area contributed by atoms with Crippen molar-refractivity contribution in [2.45, 2.75) is 45.6 Å². The molecule has 1 aromatic rings. The van der Waals surface area contributed by atoms with Crippen molar-refractivity contribution < 1.29 is 14.7 Å². The van der Waals surface area contributed by atoms with E-state index >= 15 is 0 Å². The third-order valence-corrected chi connectivity index (χ3v) is 8.15. The molecular formula is C24H30N4O3S. The van der Waals surface area contributed by atoms with Gasteiger partial charge in [0.05, 0.1) is 29.3 Å². The van der Waals surface area contributed by atoms with Crippen LogP contribution in [0.25, 0.3) is 0 Å². The highest BCUT2D eigenvalue weighted by Gasteiger charge is 2.35. The lowest BCUT2D eigenvalue weighted by atomic mass is 9.94. The summed E-state index contributed by atoms with van der Waals surface area (Å²) >= 11 is 1.89. The molecule has 1 saturated carbocycles. The standard InChI is InChI=1S/C24H30N4O3S/c1-3-31-24(29)16-8-15-9-19(25)21(10-20(15)28(11-16)17-4-5-17)27-7-6-22-18(12-27)23(26-30)14(2)13-32-22/h9-11,14,17,30H,3-8,12-13,25H2,1-2H3/b26-23+. The Morgan fingerprint density at radius 1 is 1.34 bits per heavy atom. The summed E-state index contributed by atoms with van der Waals surface area (Å²) in [6, 6.07) is 4.63. The number of benzene rings is 1.